The highest BCUT2D eigenvalue weighted by atomic mass is 32.2. The van der Waals surface area contributed by atoms with Crippen LogP contribution in [-0.2, 0) is 19.4 Å². The second-order valence-corrected chi connectivity index (χ2v) is 12.2. The molecule has 7 heteroatoms. The number of nitrogens with one attached hydrogen (secondary N) is 1. The van der Waals surface area contributed by atoms with Crippen molar-refractivity contribution in [3.05, 3.63) is 56.0 Å². The van der Waals surface area contributed by atoms with Crippen LogP contribution in [0.2, 0.25) is 0 Å². The topological polar surface area (TPSA) is 65.6 Å². The minimum Gasteiger partial charge on any atom is -0.486 e. The average Bonchev–Trinajstić information content (AvgIpc) is 3.19. The summed E-state index contributed by atoms with van der Waals surface area (Å²) in [6, 6.07) is 4.89. The highest BCUT2D eigenvalue weighted by molar-refractivity contribution is 7.98. The van der Waals surface area contributed by atoms with Gasteiger partial charge < -0.3 is 19.5 Å². The maximum absolute atomic E-state index is 13.7. The van der Waals surface area contributed by atoms with Gasteiger partial charge in [0.2, 0.25) is 0 Å². The minimum atomic E-state index is -0.209. The molecule has 1 N–H and O–H groups in total. The Morgan fingerprint density at radius 1 is 1.14 bits per heavy atom. The first-order chi connectivity index (χ1) is 17.1. The number of thioether (sulfide) groups is 1. The number of fused-ring (bicyclic) bond motifs is 2. The quantitative estimate of drug-likeness (QED) is 0.591. The third-order valence-corrected chi connectivity index (χ3v) is 9.60. The minimum absolute atomic E-state index is 0.00673. The predicted molar refractivity (Wildman–Crippen MR) is 145 cm³/mol. The van der Waals surface area contributed by atoms with Gasteiger partial charge in [0.15, 0.2) is 0 Å². The largest absolute Gasteiger partial charge is 0.486 e. The average molecular weight is 510 g/mol. The standard InChI is InChI=1S/C29H39N3O3S/c1-17-13-24(36-6)23(27(33)30-17)16-32-12-11-19-14-20-15-29(3,21-7-9-22(10-8-21)31(4)5)35-26(20)18(2)25(19)28(32)34/h13-14,21-22H,7-12,15-16H2,1-6H3,(H,30,33)/t21?,22?,29-/m1/s1. The number of carbonyl (C=O) groups is 1. The van der Waals surface area contributed by atoms with Crippen molar-refractivity contribution in [1.82, 2.24) is 14.8 Å². The number of amides is 1. The molecule has 1 aromatic heterocycles. The number of carbonyl (C=O) groups excluding carboxylic acids is 1. The van der Waals surface area contributed by atoms with Gasteiger partial charge in [-0.25, -0.2) is 0 Å². The van der Waals surface area contributed by atoms with Crippen molar-refractivity contribution in [1.29, 1.82) is 0 Å². The van der Waals surface area contributed by atoms with Crippen molar-refractivity contribution < 1.29 is 9.53 Å². The molecule has 3 aliphatic rings. The fraction of sp³-hybridized carbons (Fsp3) is 0.586. The molecule has 36 heavy (non-hydrogen) atoms. The zero-order valence-electron chi connectivity index (χ0n) is 22.5. The molecule has 0 unspecified atom stereocenters. The van der Waals surface area contributed by atoms with E-state index in [0.29, 0.717) is 30.6 Å². The van der Waals surface area contributed by atoms with E-state index in [1.165, 1.54) is 31.2 Å². The van der Waals surface area contributed by atoms with Gasteiger partial charge in [-0.2, -0.15) is 0 Å². The number of benzene rings is 1. The number of rotatable bonds is 5. The zero-order chi connectivity index (χ0) is 25.8. The Hall–Kier alpha value is -2.25. The SMILES string of the molecule is CSc1cc(C)[nH]c(=O)c1CN1CCc2cc3c(c(C)c2C1=O)O[C@@](C)(C1CCC(N(C)C)CC1)C3. The van der Waals surface area contributed by atoms with E-state index in [0.717, 1.165) is 45.9 Å². The Balaban J connectivity index is 1.39. The van der Waals surface area contributed by atoms with Gasteiger partial charge in [-0.05, 0) is 96.3 Å². The van der Waals surface area contributed by atoms with E-state index < -0.39 is 0 Å². The molecule has 3 heterocycles. The molecule has 0 radical (unpaired) electrons. The molecule has 1 amide bonds. The van der Waals surface area contributed by atoms with Crippen LogP contribution in [0, 0.1) is 19.8 Å². The van der Waals surface area contributed by atoms with Gasteiger partial charge >= 0.3 is 0 Å². The number of ether oxygens (including phenoxy) is 1. The first-order valence-electron chi connectivity index (χ1n) is 13.2. The van der Waals surface area contributed by atoms with Crippen LogP contribution in [0.4, 0.5) is 0 Å². The molecule has 194 valence electrons. The summed E-state index contributed by atoms with van der Waals surface area (Å²) in [7, 11) is 4.36. The smallest absolute Gasteiger partial charge is 0.254 e. The van der Waals surface area contributed by atoms with Gasteiger partial charge in [0, 0.05) is 40.7 Å². The van der Waals surface area contributed by atoms with Crippen LogP contribution in [0.25, 0.3) is 0 Å². The van der Waals surface area contributed by atoms with Crippen LogP contribution in [0.3, 0.4) is 0 Å². The van der Waals surface area contributed by atoms with Crippen LogP contribution >= 0.6 is 11.8 Å². The Bertz CT molecular complexity index is 1250. The molecule has 1 saturated carbocycles. The normalized spacial score (nSPS) is 25.6. The number of hydrogen-bond donors (Lipinski definition) is 1. The molecule has 5 rings (SSSR count). The molecule has 1 aromatic carbocycles. The molecule has 0 saturated heterocycles. The Morgan fingerprint density at radius 2 is 1.86 bits per heavy atom. The zero-order valence-corrected chi connectivity index (χ0v) is 23.3. The number of nitrogens with zero attached hydrogens (tertiary/aromatic N) is 2. The summed E-state index contributed by atoms with van der Waals surface area (Å²) in [4.78, 5) is 34.5. The van der Waals surface area contributed by atoms with Crippen LogP contribution in [-0.4, -0.2) is 59.2 Å². The first-order valence-corrected chi connectivity index (χ1v) is 14.4. The number of H-pyrrole nitrogens is 1. The lowest BCUT2D eigenvalue weighted by Gasteiger charge is -2.40. The molecule has 0 bridgehead atoms. The Labute approximate surface area is 218 Å². The van der Waals surface area contributed by atoms with Gasteiger partial charge in [0.1, 0.15) is 11.4 Å². The summed E-state index contributed by atoms with van der Waals surface area (Å²) in [6.07, 6.45) is 8.49. The molecule has 2 aliphatic heterocycles. The van der Waals surface area contributed by atoms with E-state index in [4.69, 9.17) is 4.74 Å². The molecule has 1 atom stereocenters. The summed E-state index contributed by atoms with van der Waals surface area (Å²) in [5, 5.41) is 0. The lowest BCUT2D eigenvalue weighted by Crippen LogP contribution is -2.44. The molecule has 1 fully saturated rings. The molecular formula is C29H39N3O3S. The Kier molecular flexibility index (Phi) is 6.75. The molecule has 2 aromatic rings. The maximum atomic E-state index is 13.7. The summed E-state index contributed by atoms with van der Waals surface area (Å²) in [5.74, 6) is 1.45. The highest BCUT2D eigenvalue weighted by Crippen LogP contribution is 2.47. The van der Waals surface area contributed by atoms with Gasteiger partial charge in [0.05, 0.1) is 12.1 Å². The van der Waals surface area contributed by atoms with Gasteiger partial charge in [0.25, 0.3) is 11.5 Å². The van der Waals surface area contributed by atoms with Crippen LogP contribution in [0.1, 0.15) is 70.9 Å². The first kappa shape index (κ1) is 25.4. The van der Waals surface area contributed by atoms with E-state index >= 15 is 0 Å². The lowest BCUT2D eigenvalue weighted by atomic mass is 9.74. The maximum Gasteiger partial charge on any atom is 0.254 e. The number of aromatic nitrogens is 1. The highest BCUT2D eigenvalue weighted by Gasteiger charge is 2.45. The third kappa shape index (κ3) is 4.38. The van der Waals surface area contributed by atoms with Crippen molar-refractivity contribution in [2.75, 3.05) is 26.9 Å². The molecule has 0 spiro atoms. The van der Waals surface area contributed by atoms with Gasteiger partial charge in [-0.15, -0.1) is 11.8 Å². The van der Waals surface area contributed by atoms with Crippen molar-refractivity contribution in [3.8, 4) is 5.75 Å². The van der Waals surface area contributed by atoms with E-state index in [-0.39, 0.29) is 17.1 Å². The fourth-order valence-electron chi connectivity index (χ4n) is 6.66. The van der Waals surface area contributed by atoms with Crippen molar-refractivity contribution in [2.45, 2.75) is 82.4 Å². The molecule has 1 aliphatic carbocycles. The number of hydrogen-bond acceptors (Lipinski definition) is 5. The monoisotopic (exact) mass is 509 g/mol. The number of aromatic amines is 1. The lowest BCUT2D eigenvalue weighted by molar-refractivity contribution is 0.0158. The predicted octanol–water partition coefficient (Wildman–Crippen LogP) is 4.73. The van der Waals surface area contributed by atoms with E-state index in [9.17, 15) is 9.59 Å². The van der Waals surface area contributed by atoms with E-state index in [1.54, 1.807) is 11.8 Å². The summed E-state index contributed by atoms with van der Waals surface area (Å²) >= 11 is 1.55. The van der Waals surface area contributed by atoms with Crippen LogP contribution in [0.15, 0.2) is 21.8 Å². The van der Waals surface area contributed by atoms with Gasteiger partial charge in [-0.1, -0.05) is 6.07 Å². The van der Waals surface area contributed by atoms with Gasteiger partial charge in [-0.3, -0.25) is 9.59 Å². The van der Waals surface area contributed by atoms with Crippen LogP contribution in [0.5, 0.6) is 5.75 Å². The molecule has 6 nitrogen and oxygen atoms in total. The second-order valence-electron chi connectivity index (χ2n) is 11.4. The van der Waals surface area contributed by atoms with E-state index in [1.807, 2.05) is 31.1 Å². The molecular weight excluding hydrogens is 470 g/mol. The Morgan fingerprint density at radius 3 is 2.53 bits per heavy atom. The fourth-order valence-corrected chi connectivity index (χ4v) is 7.36. The van der Waals surface area contributed by atoms with Crippen molar-refractivity contribution in [2.24, 2.45) is 5.92 Å². The summed E-state index contributed by atoms with van der Waals surface area (Å²) < 4.78 is 6.75. The van der Waals surface area contributed by atoms with E-state index in [2.05, 4.69) is 37.0 Å². The van der Waals surface area contributed by atoms with Crippen molar-refractivity contribution >= 4 is 17.7 Å². The van der Waals surface area contributed by atoms with Crippen LogP contribution < -0.4 is 10.3 Å². The third-order valence-electron chi connectivity index (χ3n) is 8.79. The summed E-state index contributed by atoms with van der Waals surface area (Å²) in [5.41, 5.74) is 5.31. The number of aryl methyl sites for hydroxylation is 1. The second kappa shape index (κ2) is 9.56. The van der Waals surface area contributed by atoms with Crippen molar-refractivity contribution in [3.63, 3.8) is 0 Å². The summed E-state index contributed by atoms with van der Waals surface area (Å²) in [6.45, 7) is 7.15. The number of pyridine rings is 1.